The standard InChI is InChI=1S/C8H9ClN2S/c9-6-3-5-1-2-11-7(5)4-8(6)12-10/h3-4,11H,1-2,10H2. The molecule has 1 aromatic rings. The Bertz CT molecular complexity index is 313. The minimum atomic E-state index is 0.755. The van der Waals surface area contributed by atoms with Crippen LogP contribution in [0.15, 0.2) is 17.0 Å². The number of anilines is 1. The molecule has 0 aliphatic carbocycles. The van der Waals surface area contributed by atoms with Gasteiger partial charge in [-0.1, -0.05) is 11.6 Å². The van der Waals surface area contributed by atoms with Gasteiger partial charge in [0.2, 0.25) is 0 Å². The Balaban J connectivity index is 2.49. The number of halogens is 1. The maximum Gasteiger partial charge on any atom is 0.0559 e. The van der Waals surface area contributed by atoms with E-state index in [-0.39, 0.29) is 0 Å². The number of hydrogen-bond donors (Lipinski definition) is 2. The van der Waals surface area contributed by atoms with Crippen LogP contribution in [-0.2, 0) is 6.42 Å². The third-order valence-corrected chi connectivity index (χ3v) is 3.01. The molecule has 2 rings (SSSR count). The van der Waals surface area contributed by atoms with Gasteiger partial charge < -0.3 is 5.32 Å². The molecule has 0 saturated heterocycles. The molecule has 0 radical (unpaired) electrons. The van der Waals surface area contributed by atoms with Crippen LogP contribution in [0.5, 0.6) is 0 Å². The Labute approximate surface area is 80.6 Å². The molecule has 0 unspecified atom stereocenters. The van der Waals surface area contributed by atoms with E-state index < -0.39 is 0 Å². The smallest absolute Gasteiger partial charge is 0.0559 e. The van der Waals surface area contributed by atoms with E-state index in [0.29, 0.717) is 0 Å². The molecule has 1 heterocycles. The Hall–Kier alpha value is -0.380. The molecule has 64 valence electrons. The third-order valence-electron chi connectivity index (χ3n) is 1.99. The van der Waals surface area contributed by atoms with Crippen molar-refractivity contribution in [3.05, 3.63) is 22.7 Å². The van der Waals surface area contributed by atoms with Gasteiger partial charge in [-0.2, -0.15) is 0 Å². The second-order valence-electron chi connectivity index (χ2n) is 2.73. The van der Waals surface area contributed by atoms with E-state index in [1.807, 2.05) is 12.1 Å². The summed E-state index contributed by atoms with van der Waals surface area (Å²) in [6, 6.07) is 4.00. The first-order valence-corrected chi connectivity index (χ1v) is 5.00. The van der Waals surface area contributed by atoms with Gasteiger partial charge in [0.25, 0.3) is 0 Å². The van der Waals surface area contributed by atoms with Crippen LogP contribution in [0.2, 0.25) is 5.02 Å². The fourth-order valence-corrected chi connectivity index (χ4v) is 2.07. The molecular weight excluding hydrogens is 192 g/mol. The molecule has 1 aliphatic rings. The van der Waals surface area contributed by atoms with Gasteiger partial charge in [0, 0.05) is 17.1 Å². The van der Waals surface area contributed by atoms with Gasteiger partial charge in [0.1, 0.15) is 0 Å². The van der Waals surface area contributed by atoms with Crippen molar-refractivity contribution in [3.8, 4) is 0 Å². The van der Waals surface area contributed by atoms with Gasteiger partial charge >= 0.3 is 0 Å². The highest BCUT2D eigenvalue weighted by atomic mass is 35.5. The van der Waals surface area contributed by atoms with Crippen LogP contribution in [0, 0.1) is 0 Å². The molecule has 0 fully saturated rings. The van der Waals surface area contributed by atoms with Crippen molar-refractivity contribution >= 4 is 29.2 Å². The maximum absolute atomic E-state index is 5.98. The summed E-state index contributed by atoms with van der Waals surface area (Å²) in [7, 11) is 0. The monoisotopic (exact) mass is 200 g/mol. The van der Waals surface area contributed by atoms with Crippen molar-refractivity contribution in [1.82, 2.24) is 0 Å². The van der Waals surface area contributed by atoms with Crippen LogP contribution in [0.25, 0.3) is 0 Å². The van der Waals surface area contributed by atoms with Gasteiger partial charge in [-0.15, -0.1) is 0 Å². The number of nitrogens with two attached hydrogens (primary N) is 1. The first-order valence-electron chi connectivity index (χ1n) is 3.74. The zero-order chi connectivity index (χ0) is 8.55. The molecule has 0 bridgehead atoms. The number of hydrogen-bond acceptors (Lipinski definition) is 3. The Morgan fingerprint density at radius 3 is 3.08 bits per heavy atom. The first kappa shape index (κ1) is 8.23. The number of benzene rings is 1. The lowest BCUT2D eigenvalue weighted by atomic mass is 10.2. The first-order chi connectivity index (χ1) is 5.81. The zero-order valence-electron chi connectivity index (χ0n) is 6.43. The summed E-state index contributed by atoms with van der Waals surface area (Å²) >= 11 is 7.17. The average Bonchev–Trinajstić information content (AvgIpc) is 2.49. The third kappa shape index (κ3) is 1.28. The van der Waals surface area contributed by atoms with E-state index in [1.54, 1.807) is 0 Å². The van der Waals surface area contributed by atoms with Crippen LogP contribution < -0.4 is 10.5 Å². The minimum Gasteiger partial charge on any atom is -0.384 e. The normalized spacial score (nSPS) is 14.2. The van der Waals surface area contributed by atoms with Crippen molar-refractivity contribution in [3.63, 3.8) is 0 Å². The van der Waals surface area contributed by atoms with Crippen molar-refractivity contribution in [2.75, 3.05) is 11.9 Å². The maximum atomic E-state index is 5.98. The van der Waals surface area contributed by atoms with E-state index in [9.17, 15) is 0 Å². The molecule has 0 atom stereocenters. The summed E-state index contributed by atoms with van der Waals surface area (Å²) in [5, 5.41) is 9.48. The van der Waals surface area contributed by atoms with Gasteiger partial charge in [-0.05, 0) is 36.1 Å². The van der Waals surface area contributed by atoms with E-state index in [2.05, 4.69) is 5.32 Å². The summed E-state index contributed by atoms with van der Waals surface area (Å²) < 4.78 is 0. The Morgan fingerprint density at radius 1 is 1.50 bits per heavy atom. The highest BCUT2D eigenvalue weighted by molar-refractivity contribution is 7.97. The van der Waals surface area contributed by atoms with E-state index in [0.717, 1.165) is 22.9 Å². The van der Waals surface area contributed by atoms with E-state index >= 15 is 0 Å². The summed E-state index contributed by atoms with van der Waals surface area (Å²) in [5.41, 5.74) is 2.46. The van der Waals surface area contributed by atoms with Crippen molar-refractivity contribution in [2.45, 2.75) is 11.3 Å². The van der Waals surface area contributed by atoms with Gasteiger partial charge in [-0.3, -0.25) is 5.14 Å². The Morgan fingerprint density at radius 2 is 2.33 bits per heavy atom. The predicted octanol–water partition coefficient (Wildman–Crippen LogP) is 2.27. The molecule has 1 aromatic carbocycles. The molecule has 2 nitrogen and oxygen atoms in total. The molecule has 0 saturated carbocycles. The predicted molar refractivity (Wildman–Crippen MR) is 53.7 cm³/mol. The number of rotatable bonds is 1. The largest absolute Gasteiger partial charge is 0.384 e. The lowest BCUT2D eigenvalue weighted by Crippen LogP contribution is -1.91. The lowest BCUT2D eigenvalue weighted by Gasteiger charge is -2.04. The minimum absolute atomic E-state index is 0.755. The molecule has 1 aliphatic heterocycles. The quantitative estimate of drug-likeness (QED) is 0.684. The Kier molecular flexibility index (Phi) is 2.17. The van der Waals surface area contributed by atoms with Crippen molar-refractivity contribution in [1.29, 1.82) is 0 Å². The highest BCUT2D eigenvalue weighted by Gasteiger charge is 2.12. The van der Waals surface area contributed by atoms with E-state index in [4.69, 9.17) is 16.7 Å². The van der Waals surface area contributed by atoms with Crippen LogP contribution in [0.1, 0.15) is 5.56 Å². The summed E-state index contributed by atoms with van der Waals surface area (Å²) in [6.45, 7) is 1.00. The summed E-state index contributed by atoms with van der Waals surface area (Å²) in [4.78, 5) is 0.935. The second kappa shape index (κ2) is 3.17. The van der Waals surface area contributed by atoms with Crippen LogP contribution in [0.4, 0.5) is 5.69 Å². The topological polar surface area (TPSA) is 38.0 Å². The number of nitrogens with one attached hydrogen (secondary N) is 1. The summed E-state index contributed by atoms with van der Waals surface area (Å²) in [6.07, 6.45) is 1.06. The van der Waals surface area contributed by atoms with E-state index in [1.165, 1.54) is 23.2 Å². The van der Waals surface area contributed by atoms with Gasteiger partial charge in [0.15, 0.2) is 0 Å². The van der Waals surface area contributed by atoms with Crippen LogP contribution in [0.3, 0.4) is 0 Å². The van der Waals surface area contributed by atoms with Crippen molar-refractivity contribution < 1.29 is 0 Å². The molecule has 12 heavy (non-hydrogen) atoms. The van der Waals surface area contributed by atoms with Gasteiger partial charge in [-0.25, -0.2) is 0 Å². The summed E-state index contributed by atoms with van der Waals surface area (Å²) in [5.74, 6) is 0. The second-order valence-corrected chi connectivity index (χ2v) is 3.82. The highest BCUT2D eigenvalue weighted by Crippen LogP contribution is 2.32. The molecule has 0 spiro atoms. The average molecular weight is 201 g/mol. The SMILES string of the molecule is NSc1cc2c(cc1Cl)CCN2. The molecular formula is C8H9ClN2S. The molecule has 0 aromatic heterocycles. The van der Waals surface area contributed by atoms with Crippen LogP contribution >= 0.6 is 23.5 Å². The molecule has 0 amide bonds. The molecule has 4 heteroatoms. The van der Waals surface area contributed by atoms with Gasteiger partial charge in [0.05, 0.1) is 5.02 Å². The van der Waals surface area contributed by atoms with Crippen molar-refractivity contribution in [2.24, 2.45) is 5.14 Å². The molecule has 3 N–H and O–H groups in total. The number of fused-ring (bicyclic) bond motifs is 1. The zero-order valence-corrected chi connectivity index (χ0v) is 8.00. The fourth-order valence-electron chi connectivity index (χ4n) is 1.39. The van der Waals surface area contributed by atoms with Crippen LogP contribution in [-0.4, -0.2) is 6.54 Å². The fraction of sp³-hybridized carbons (Fsp3) is 0.250. The lowest BCUT2D eigenvalue weighted by molar-refractivity contribution is 1.11.